The van der Waals surface area contributed by atoms with Gasteiger partial charge in [0.25, 0.3) is 5.91 Å². The SMILES string of the molecule is CC(C)(Oc1ccccc1)C(=O)Nc1ccc(-c2nc3ncccc3o2)c(Cl)c1. The van der Waals surface area contributed by atoms with Gasteiger partial charge in [0.2, 0.25) is 5.89 Å². The number of fused-ring (bicyclic) bond motifs is 1. The molecule has 0 fully saturated rings. The summed E-state index contributed by atoms with van der Waals surface area (Å²) in [5.41, 5.74) is 1.18. The third kappa shape index (κ3) is 4.07. The van der Waals surface area contributed by atoms with E-state index in [4.69, 9.17) is 20.8 Å². The molecule has 1 amide bonds. The van der Waals surface area contributed by atoms with Gasteiger partial charge in [0, 0.05) is 11.9 Å². The highest BCUT2D eigenvalue weighted by atomic mass is 35.5. The molecular formula is C22H18ClN3O3. The van der Waals surface area contributed by atoms with Crippen LogP contribution in [0, 0.1) is 0 Å². The summed E-state index contributed by atoms with van der Waals surface area (Å²) in [6.07, 6.45) is 1.65. The smallest absolute Gasteiger partial charge is 0.267 e. The predicted molar refractivity (Wildman–Crippen MR) is 112 cm³/mol. The molecule has 0 saturated carbocycles. The number of para-hydroxylation sites is 1. The highest BCUT2D eigenvalue weighted by molar-refractivity contribution is 6.33. The van der Waals surface area contributed by atoms with E-state index in [1.54, 1.807) is 62.5 Å². The summed E-state index contributed by atoms with van der Waals surface area (Å²) in [5.74, 6) is 0.691. The number of ether oxygens (including phenoxy) is 1. The van der Waals surface area contributed by atoms with Gasteiger partial charge in [-0.15, -0.1) is 0 Å². The van der Waals surface area contributed by atoms with Crippen LogP contribution in [-0.2, 0) is 4.79 Å². The van der Waals surface area contributed by atoms with Gasteiger partial charge < -0.3 is 14.5 Å². The number of oxazole rings is 1. The number of hydrogen-bond donors (Lipinski definition) is 1. The van der Waals surface area contributed by atoms with E-state index in [0.717, 1.165) is 0 Å². The maximum atomic E-state index is 12.7. The second-order valence-electron chi connectivity index (χ2n) is 6.92. The van der Waals surface area contributed by atoms with Crippen LogP contribution in [0.4, 0.5) is 5.69 Å². The van der Waals surface area contributed by atoms with E-state index in [2.05, 4.69) is 15.3 Å². The van der Waals surface area contributed by atoms with Crippen LogP contribution in [0.2, 0.25) is 5.02 Å². The zero-order chi connectivity index (χ0) is 20.4. The quantitative estimate of drug-likeness (QED) is 0.483. The van der Waals surface area contributed by atoms with Crippen molar-refractivity contribution in [3.8, 4) is 17.2 Å². The van der Waals surface area contributed by atoms with E-state index in [-0.39, 0.29) is 5.91 Å². The molecule has 0 atom stereocenters. The standard InChI is InChI=1S/C22H18ClN3O3/c1-22(2,29-15-7-4-3-5-8-15)21(27)25-14-10-11-16(17(23)13-14)20-26-19-18(28-20)9-6-12-24-19/h3-13H,1-2H3,(H,25,27). The van der Waals surface area contributed by atoms with Crippen molar-refractivity contribution in [1.29, 1.82) is 0 Å². The number of benzene rings is 2. The van der Waals surface area contributed by atoms with E-state index < -0.39 is 5.60 Å². The number of rotatable bonds is 5. The lowest BCUT2D eigenvalue weighted by molar-refractivity contribution is -0.128. The Balaban J connectivity index is 1.52. The molecule has 2 heterocycles. The molecule has 146 valence electrons. The fraction of sp³-hybridized carbons (Fsp3) is 0.136. The van der Waals surface area contributed by atoms with Gasteiger partial charge in [0.05, 0.1) is 10.6 Å². The Kier molecular flexibility index (Phi) is 4.94. The van der Waals surface area contributed by atoms with E-state index >= 15 is 0 Å². The summed E-state index contributed by atoms with van der Waals surface area (Å²) in [7, 11) is 0. The van der Waals surface area contributed by atoms with Crippen molar-refractivity contribution in [2.75, 3.05) is 5.32 Å². The number of aromatic nitrogens is 2. The monoisotopic (exact) mass is 407 g/mol. The lowest BCUT2D eigenvalue weighted by Gasteiger charge is -2.25. The molecule has 0 bridgehead atoms. The summed E-state index contributed by atoms with van der Waals surface area (Å²) in [5, 5.41) is 3.24. The average Bonchev–Trinajstić information content (AvgIpc) is 3.12. The van der Waals surface area contributed by atoms with Gasteiger partial charge in [-0.25, -0.2) is 4.98 Å². The first-order valence-corrected chi connectivity index (χ1v) is 9.37. The van der Waals surface area contributed by atoms with Gasteiger partial charge in [-0.05, 0) is 56.3 Å². The van der Waals surface area contributed by atoms with Gasteiger partial charge in [-0.3, -0.25) is 4.79 Å². The maximum absolute atomic E-state index is 12.7. The minimum atomic E-state index is -1.07. The second-order valence-corrected chi connectivity index (χ2v) is 7.33. The van der Waals surface area contributed by atoms with Crippen molar-refractivity contribution in [2.45, 2.75) is 19.4 Å². The number of nitrogens with one attached hydrogen (secondary N) is 1. The Labute approximate surface area is 172 Å². The van der Waals surface area contributed by atoms with Crippen LogP contribution in [0.1, 0.15) is 13.8 Å². The molecule has 1 N–H and O–H groups in total. The molecule has 4 rings (SSSR count). The summed E-state index contributed by atoms with van der Waals surface area (Å²) in [4.78, 5) is 21.2. The lowest BCUT2D eigenvalue weighted by atomic mass is 10.1. The number of nitrogens with zero attached hydrogens (tertiary/aromatic N) is 2. The van der Waals surface area contributed by atoms with Crippen LogP contribution in [0.5, 0.6) is 5.75 Å². The third-order valence-corrected chi connectivity index (χ3v) is 4.60. The molecule has 7 heteroatoms. The van der Waals surface area contributed by atoms with Crippen LogP contribution < -0.4 is 10.1 Å². The van der Waals surface area contributed by atoms with Crippen molar-refractivity contribution in [3.63, 3.8) is 0 Å². The molecule has 0 aliphatic heterocycles. The van der Waals surface area contributed by atoms with Crippen molar-refractivity contribution in [1.82, 2.24) is 9.97 Å². The van der Waals surface area contributed by atoms with Gasteiger partial charge in [-0.2, -0.15) is 4.98 Å². The number of carbonyl (C=O) groups is 1. The van der Waals surface area contributed by atoms with E-state index in [1.807, 2.05) is 18.2 Å². The lowest BCUT2D eigenvalue weighted by Crippen LogP contribution is -2.42. The van der Waals surface area contributed by atoms with E-state index in [1.165, 1.54) is 0 Å². The summed E-state index contributed by atoms with van der Waals surface area (Å²) < 4.78 is 11.5. The van der Waals surface area contributed by atoms with Crippen LogP contribution in [0.15, 0.2) is 71.3 Å². The number of halogens is 1. The molecule has 4 aromatic rings. The largest absolute Gasteiger partial charge is 0.478 e. The summed E-state index contributed by atoms with van der Waals surface area (Å²) in [6, 6.07) is 17.9. The molecule has 29 heavy (non-hydrogen) atoms. The molecule has 0 unspecified atom stereocenters. The van der Waals surface area contributed by atoms with Gasteiger partial charge in [0.15, 0.2) is 16.8 Å². The van der Waals surface area contributed by atoms with Crippen LogP contribution in [0.25, 0.3) is 22.7 Å². The second kappa shape index (κ2) is 7.56. The van der Waals surface area contributed by atoms with Crippen molar-refractivity contribution < 1.29 is 13.9 Å². The zero-order valence-corrected chi connectivity index (χ0v) is 16.6. The molecule has 0 spiro atoms. The molecule has 0 aliphatic rings. The highest BCUT2D eigenvalue weighted by Gasteiger charge is 2.30. The first kappa shape index (κ1) is 19.0. The number of carbonyl (C=O) groups excluding carboxylic acids is 1. The number of hydrogen-bond acceptors (Lipinski definition) is 5. The van der Waals surface area contributed by atoms with E-state index in [9.17, 15) is 4.79 Å². The molecule has 2 aromatic heterocycles. The molecule has 0 aliphatic carbocycles. The fourth-order valence-corrected chi connectivity index (χ4v) is 3.02. The first-order chi connectivity index (χ1) is 13.9. The van der Waals surface area contributed by atoms with E-state index in [0.29, 0.717) is 39.1 Å². The summed E-state index contributed by atoms with van der Waals surface area (Å²) >= 11 is 6.42. The minimum absolute atomic E-state index is 0.295. The zero-order valence-electron chi connectivity index (χ0n) is 15.8. The molecule has 6 nitrogen and oxygen atoms in total. The summed E-state index contributed by atoms with van der Waals surface area (Å²) in [6.45, 7) is 3.41. The molecular weight excluding hydrogens is 390 g/mol. The fourth-order valence-electron chi connectivity index (χ4n) is 2.76. The molecule has 0 radical (unpaired) electrons. The van der Waals surface area contributed by atoms with Crippen molar-refractivity contribution in [2.24, 2.45) is 0 Å². The van der Waals surface area contributed by atoms with Crippen LogP contribution in [-0.4, -0.2) is 21.5 Å². The van der Waals surface area contributed by atoms with Crippen molar-refractivity contribution in [3.05, 3.63) is 71.9 Å². The average molecular weight is 408 g/mol. The predicted octanol–water partition coefficient (Wildman–Crippen LogP) is 5.34. The first-order valence-electron chi connectivity index (χ1n) is 8.99. The number of amides is 1. The molecule has 2 aromatic carbocycles. The Hall–Kier alpha value is -3.38. The Morgan fingerprint density at radius 2 is 1.90 bits per heavy atom. The Morgan fingerprint density at radius 3 is 2.62 bits per heavy atom. The maximum Gasteiger partial charge on any atom is 0.267 e. The Morgan fingerprint density at radius 1 is 1.10 bits per heavy atom. The Bertz CT molecular complexity index is 1140. The van der Waals surface area contributed by atoms with Gasteiger partial charge >= 0.3 is 0 Å². The van der Waals surface area contributed by atoms with Gasteiger partial charge in [0.1, 0.15) is 5.75 Å². The van der Waals surface area contributed by atoms with Gasteiger partial charge in [-0.1, -0.05) is 29.8 Å². The normalized spacial score (nSPS) is 11.4. The highest BCUT2D eigenvalue weighted by Crippen LogP contribution is 2.32. The van der Waals surface area contributed by atoms with Crippen LogP contribution in [0.3, 0.4) is 0 Å². The molecule has 0 saturated heterocycles. The number of pyridine rings is 1. The van der Waals surface area contributed by atoms with Crippen LogP contribution >= 0.6 is 11.6 Å². The number of anilines is 1. The third-order valence-electron chi connectivity index (χ3n) is 4.29. The van der Waals surface area contributed by atoms with Crippen molar-refractivity contribution >= 4 is 34.4 Å². The minimum Gasteiger partial charge on any atom is -0.478 e. The topological polar surface area (TPSA) is 77.2 Å².